The van der Waals surface area contributed by atoms with E-state index in [9.17, 15) is 13.2 Å². The van der Waals surface area contributed by atoms with E-state index in [0.29, 0.717) is 37.1 Å². The Morgan fingerprint density at radius 2 is 1.86 bits per heavy atom. The lowest BCUT2D eigenvalue weighted by atomic mass is 9.90. The Morgan fingerprint density at radius 3 is 2.71 bits per heavy atom. The highest BCUT2D eigenvalue weighted by Gasteiger charge is 2.42. The second-order valence-corrected chi connectivity index (χ2v) is 11.7. The SMILES string of the molecule is O=C1NCCCCCCN(Cc2ccncc2)[C@@H]2CN(S(=O)(=O)c3cccc4nsnc34)CC[C@H]12. The molecule has 2 fully saturated rings. The molecule has 2 aliphatic rings. The molecular formula is C24H30N6O3S2. The number of aromatic nitrogens is 3. The van der Waals surface area contributed by atoms with Crippen molar-refractivity contribution in [2.75, 3.05) is 26.2 Å². The minimum absolute atomic E-state index is 0.0273. The molecule has 3 aromatic rings. The zero-order valence-electron chi connectivity index (χ0n) is 19.5. The molecule has 4 heterocycles. The van der Waals surface area contributed by atoms with Crippen LogP contribution in [0.3, 0.4) is 0 Å². The van der Waals surface area contributed by atoms with Gasteiger partial charge in [0.1, 0.15) is 15.9 Å². The normalized spacial score (nSPS) is 23.4. The number of nitrogens with one attached hydrogen (secondary N) is 1. The zero-order chi connectivity index (χ0) is 24.3. The molecule has 0 spiro atoms. The number of pyridine rings is 1. The summed E-state index contributed by atoms with van der Waals surface area (Å²) in [6, 6.07) is 8.82. The first-order valence-electron chi connectivity index (χ1n) is 12.2. The number of rotatable bonds is 4. The van der Waals surface area contributed by atoms with Gasteiger partial charge >= 0.3 is 0 Å². The highest BCUT2D eigenvalue weighted by atomic mass is 32.2. The molecule has 5 rings (SSSR count). The van der Waals surface area contributed by atoms with Gasteiger partial charge in [0.25, 0.3) is 0 Å². The molecular weight excluding hydrogens is 484 g/mol. The molecule has 0 unspecified atom stereocenters. The monoisotopic (exact) mass is 514 g/mol. The van der Waals surface area contributed by atoms with Gasteiger partial charge in [-0.05, 0) is 55.6 Å². The van der Waals surface area contributed by atoms with Crippen molar-refractivity contribution >= 4 is 38.7 Å². The largest absolute Gasteiger partial charge is 0.356 e. The minimum atomic E-state index is -3.80. The lowest BCUT2D eigenvalue weighted by Crippen LogP contribution is -2.57. The Hall–Kier alpha value is -2.47. The van der Waals surface area contributed by atoms with Crippen LogP contribution in [0, 0.1) is 5.92 Å². The number of hydrogen-bond donors (Lipinski definition) is 1. The smallest absolute Gasteiger partial charge is 0.245 e. The summed E-state index contributed by atoms with van der Waals surface area (Å²) in [4.78, 5) is 19.8. The fourth-order valence-corrected chi connectivity index (χ4v) is 7.37. The van der Waals surface area contributed by atoms with Crippen molar-refractivity contribution in [1.82, 2.24) is 28.3 Å². The Bertz CT molecular complexity index is 1270. The third-order valence-corrected chi connectivity index (χ3v) is 9.46. The number of nitrogens with zero attached hydrogens (tertiary/aromatic N) is 5. The molecule has 9 nitrogen and oxygen atoms in total. The van der Waals surface area contributed by atoms with E-state index in [0.717, 1.165) is 49.5 Å². The van der Waals surface area contributed by atoms with E-state index in [1.807, 2.05) is 12.1 Å². The van der Waals surface area contributed by atoms with Gasteiger partial charge in [0.05, 0.1) is 17.6 Å². The van der Waals surface area contributed by atoms with Gasteiger partial charge in [-0.3, -0.25) is 14.7 Å². The van der Waals surface area contributed by atoms with Crippen LogP contribution in [0.1, 0.15) is 37.7 Å². The predicted molar refractivity (Wildman–Crippen MR) is 134 cm³/mol. The Labute approximate surface area is 209 Å². The fourth-order valence-electron chi connectivity index (χ4n) is 5.15. The highest BCUT2D eigenvalue weighted by molar-refractivity contribution is 7.89. The first-order valence-corrected chi connectivity index (χ1v) is 14.3. The maximum atomic E-state index is 13.8. The van der Waals surface area contributed by atoms with Gasteiger partial charge in [-0.25, -0.2) is 8.42 Å². The Balaban J connectivity index is 1.48. The van der Waals surface area contributed by atoms with E-state index in [2.05, 4.69) is 23.9 Å². The molecule has 1 N–H and O–H groups in total. The third-order valence-electron chi connectivity index (χ3n) is 7.02. The maximum Gasteiger partial charge on any atom is 0.245 e. The number of hydrogen-bond acceptors (Lipinski definition) is 8. The molecule has 2 saturated heterocycles. The number of piperidine rings is 1. The van der Waals surface area contributed by atoms with Crippen LogP contribution in [-0.2, 0) is 21.4 Å². The van der Waals surface area contributed by atoms with Crippen LogP contribution in [-0.4, -0.2) is 69.5 Å². The van der Waals surface area contributed by atoms with E-state index in [1.54, 1.807) is 30.6 Å². The van der Waals surface area contributed by atoms with Crippen molar-refractivity contribution < 1.29 is 13.2 Å². The van der Waals surface area contributed by atoms with Crippen LogP contribution < -0.4 is 5.32 Å². The van der Waals surface area contributed by atoms with E-state index in [-0.39, 0.29) is 29.3 Å². The summed E-state index contributed by atoms with van der Waals surface area (Å²) in [6.07, 6.45) is 8.16. The lowest BCUT2D eigenvalue weighted by molar-refractivity contribution is -0.129. The van der Waals surface area contributed by atoms with Crippen LogP contribution in [0.4, 0.5) is 0 Å². The van der Waals surface area contributed by atoms with Crippen LogP contribution in [0.5, 0.6) is 0 Å². The summed E-state index contributed by atoms with van der Waals surface area (Å²) in [5.41, 5.74) is 2.10. The zero-order valence-corrected chi connectivity index (χ0v) is 21.2. The predicted octanol–water partition coefficient (Wildman–Crippen LogP) is 2.66. The molecule has 0 radical (unpaired) electrons. The molecule has 0 saturated carbocycles. The van der Waals surface area contributed by atoms with Crippen molar-refractivity contribution in [2.45, 2.75) is 49.6 Å². The number of carbonyl (C=O) groups excluding carboxylic acids is 1. The quantitative estimate of drug-likeness (QED) is 0.570. The molecule has 35 heavy (non-hydrogen) atoms. The number of carbonyl (C=O) groups is 1. The van der Waals surface area contributed by atoms with Crippen molar-refractivity contribution in [3.05, 3.63) is 48.3 Å². The second kappa shape index (κ2) is 10.7. The van der Waals surface area contributed by atoms with E-state index in [1.165, 1.54) is 4.31 Å². The average molecular weight is 515 g/mol. The Kier molecular flexibility index (Phi) is 7.37. The summed E-state index contributed by atoms with van der Waals surface area (Å²) in [7, 11) is -3.80. The average Bonchev–Trinajstić information content (AvgIpc) is 3.35. The number of amides is 1. The van der Waals surface area contributed by atoms with Gasteiger partial charge in [-0.1, -0.05) is 18.9 Å². The van der Waals surface area contributed by atoms with Crippen LogP contribution >= 0.6 is 11.7 Å². The number of benzene rings is 1. The van der Waals surface area contributed by atoms with Crippen molar-refractivity contribution in [1.29, 1.82) is 0 Å². The van der Waals surface area contributed by atoms with E-state index < -0.39 is 10.0 Å². The van der Waals surface area contributed by atoms with Crippen molar-refractivity contribution in [3.63, 3.8) is 0 Å². The van der Waals surface area contributed by atoms with Crippen molar-refractivity contribution in [3.8, 4) is 0 Å². The van der Waals surface area contributed by atoms with Gasteiger partial charge in [0.2, 0.25) is 15.9 Å². The summed E-state index contributed by atoms with van der Waals surface area (Å²) in [5.74, 6) is -0.238. The molecule has 11 heteroatoms. The molecule has 186 valence electrons. The van der Waals surface area contributed by atoms with Crippen LogP contribution in [0.2, 0.25) is 0 Å². The van der Waals surface area contributed by atoms with E-state index >= 15 is 0 Å². The van der Waals surface area contributed by atoms with E-state index in [4.69, 9.17) is 0 Å². The first kappa shape index (κ1) is 24.2. The lowest BCUT2D eigenvalue weighted by Gasteiger charge is -2.43. The maximum absolute atomic E-state index is 13.8. The van der Waals surface area contributed by atoms with Gasteiger partial charge in [-0.2, -0.15) is 13.1 Å². The van der Waals surface area contributed by atoms with Gasteiger partial charge in [0.15, 0.2) is 0 Å². The van der Waals surface area contributed by atoms with Gasteiger partial charge in [-0.15, -0.1) is 0 Å². The molecule has 0 aliphatic carbocycles. The highest BCUT2D eigenvalue weighted by Crippen LogP contribution is 2.31. The molecule has 1 aromatic carbocycles. The van der Waals surface area contributed by atoms with Crippen LogP contribution in [0.25, 0.3) is 11.0 Å². The summed E-state index contributed by atoms with van der Waals surface area (Å²) < 4.78 is 37.6. The molecule has 0 bridgehead atoms. The molecule has 2 atom stereocenters. The number of sulfonamides is 1. The Morgan fingerprint density at radius 1 is 1.03 bits per heavy atom. The minimum Gasteiger partial charge on any atom is -0.356 e. The van der Waals surface area contributed by atoms with Gasteiger partial charge in [0, 0.05) is 44.6 Å². The summed E-state index contributed by atoms with van der Waals surface area (Å²) >= 11 is 1.01. The first-order chi connectivity index (χ1) is 17.0. The fraction of sp³-hybridized carbons (Fsp3) is 0.500. The summed E-state index contributed by atoms with van der Waals surface area (Å²) in [5, 5.41) is 3.11. The molecule has 2 aromatic heterocycles. The topological polar surface area (TPSA) is 108 Å². The standard InChI is InChI=1S/C24H30N6O3S2/c31-24-19-10-15-30(35(32,33)22-7-5-6-20-23(22)28-34-27-20)17-21(19)29(14-4-2-1-3-11-26-24)16-18-8-12-25-13-9-18/h5-9,12-13,19,21H,1-4,10-11,14-17H2,(H,26,31)/t19-,21+/m0/s1. The van der Waals surface area contributed by atoms with Crippen molar-refractivity contribution in [2.24, 2.45) is 5.92 Å². The van der Waals surface area contributed by atoms with Gasteiger partial charge < -0.3 is 5.32 Å². The third kappa shape index (κ3) is 5.23. The molecule has 2 aliphatic heterocycles. The molecule has 1 amide bonds. The number of fused-ring (bicyclic) bond motifs is 2. The second-order valence-electron chi connectivity index (χ2n) is 9.24. The summed E-state index contributed by atoms with van der Waals surface area (Å²) in [6.45, 7) is 2.70. The van der Waals surface area contributed by atoms with Crippen LogP contribution in [0.15, 0.2) is 47.6 Å².